The molecule has 0 N–H and O–H groups in total. The summed E-state index contributed by atoms with van der Waals surface area (Å²) in [5.41, 5.74) is 1.95. The monoisotopic (exact) mass is 501 g/mol. The molecule has 0 saturated heterocycles. The number of carbonyl (C=O) groups excluding carboxylic acids is 1. The number of amides is 1. The van der Waals surface area contributed by atoms with E-state index in [4.69, 9.17) is 0 Å². The van der Waals surface area contributed by atoms with Crippen LogP contribution in [0.2, 0.25) is 0 Å². The first-order valence-corrected chi connectivity index (χ1v) is 13.4. The average Bonchev–Trinajstić information content (AvgIpc) is 3.20. The van der Waals surface area contributed by atoms with Crippen molar-refractivity contribution in [1.82, 2.24) is 4.57 Å². The van der Waals surface area contributed by atoms with E-state index in [1.54, 1.807) is 31.2 Å². The van der Waals surface area contributed by atoms with Gasteiger partial charge in [0.2, 0.25) is 0 Å². The maximum atomic E-state index is 13.2. The SMILES string of the molecule is CCN(c1ccccc1)S(=O)(=O)c1ccc(C(=O)N=c2sc3ccc4ccccc4c3n2C)cc1. The lowest BCUT2D eigenvalue weighted by atomic mass is 10.1. The number of para-hydroxylation sites is 1. The van der Waals surface area contributed by atoms with Gasteiger partial charge in [-0.1, -0.05) is 59.9 Å². The fraction of sp³-hybridized carbons (Fsp3) is 0.111. The van der Waals surface area contributed by atoms with Crippen LogP contribution in [0.1, 0.15) is 17.3 Å². The van der Waals surface area contributed by atoms with Gasteiger partial charge >= 0.3 is 0 Å². The van der Waals surface area contributed by atoms with Gasteiger partial charge in [-0.15, -0.1) is 0 Å². The molecule has 0 saturated carbocycles. The maximum Gasteiger partial charge on any atom is 0.279 e. The van der Waals surface area contributed by atoms with Crippen molar-refractivity contribution in [1.29, 1.82) is 0 Å². The summed E-state index contributed by atoms with van der Waals surface area (Å²) < 4.78 is 30.7. The van der Waals surface area contributed by atoms with Gasteiger partial charge in [0.25, 0.3) is 15.9 Å². The van der Waals surface area contributed by atoms with E-state index in [9.17, 15) is 13.2 Å². The van der Waals surface area contributed by atoms with E-state index < -0.39 is 15.9 Å². The summed E-state index contributed by atoms with van der Waals surface area (Å²) in [4.78, 5) is 18.0. The standard InChI is InChI=1S/C27H23N3O3S2/c1-3-30(21-10-5-4-6-11-21)35(32,33)22-16-13-20(14-17-22)26(31)28-27-29(2)25-23-12-8-7-9-19(23)15-18-24(25)34-27/h4-18H,3H2,1-2H3. The van der Waals surface area contributed by atoms with Crippen molar-refractivity contribution >= 4 is 53.9 Å². The van der Waals surface area contributed by atoms with Gasteiger partial charge in [0.1, 0.15) is 0 Å². The van der Waals surface area contributed by atoms with Crippen LogP contribution in [0.15, 0.2) is 101 Å². The molecule has 0 spiro atoms. The van der Waals surface area contributed by atoms with Gasteiger partial charge in [-0.25, -0.2) is 8.42 Å². The number of sulfonamides is 1. The van der Waals surface area contributed by atoms with Crippen LogP contribution in [0.5, 0.6) is 0 Å². The van der Waals surface area contributed by atoms with E-state index in [0.717, 1.165) is 21.0 Å². The molecule has 0 unspecified atom stereocenters. The second kappa shape index (κ2) is 9.13. The molecule has 5 aromatic rings. The molecular formula is C27H23N3O3S2. The van der Waals surface area contributed by atoms with E-state index in [2.05, 4.69) is 23.2 Å². The lowest BCUT2D eigenvalue weighted by molar-refractivity contribution is 0.0998. The Morgan fingerprint density at radius 2 is 1.60 bits per heavy atom. The van der Waals surface area contributed by atoms with Crippen molar-refractivity contribution in [2.75, 3.05) is 10.8 Å². The fourth-order valence-corrected chi connectivity index (χ4v) is 6.66. The van der Waals surface area contributed by atoms with Crippen molar-refractivity contribution in [3.05, 3.63) is 101 Å². The zero-order valence-corrected chi connectivity index (χ0v) is 20.9. The van der Waals surface area contributed by atoms with E-state index >= 15 is 0 Å². The molecule has 0 aliphatic carbocycles. The number of nitrogens with zero attached hydrogens (tertiary/aromatic N) is 3. The van der Waals surface area contributed by atoms with Gasteiger partial charge < -0.3 is 4.57 Å². The van der Waals surface area contributed by atoms with Crippen molar-refractivity contribution in [2.45, 2.75) is 11.8 Å². The molecule has 1 aromatic heterocycles. The van der Waals surface area contributed by atoms with Gasteiger partial charge in [-0.05, 0) is 54.8 Å². The number of hydrogen-bond donors (Lipinski definition) is 0. The summed E-state index contributed by atoms with van der Waals surface area (Å²) >= 11 is 1.45. The number of carbonyl (C=O) groups is 1. The van der Waals surface area contributed by atoms with Crippen molar-refractivity contribution in [3.63, 3.8) is 0 Å². The van der Waals surface area contributed by atoms with E-state index in [1.165, 1.54) is 39.9 Å². The molecule has 8 heteroatoms. The zero-order valence-electron chi connectivity index (χ0n) is 19.3. The van der Waals surface area contributed by atoms with Gasteiger partial charge in [0.05, 0.1) is 20.8 Å². The third-order valence-electron chi connectivity index (χ3n) is 5.90. The topological polar surface area (TPSA) is 71.7 Å². The van der Waals surface area contributed by atoms with Crippen LogP contribution in [0.3, 0.4) is 0 Å². The molecule has 0 aliphatic heterocycles. The molecule has 176 valence electrons. The number of rotatable bonds is 5. The number of anilines is 1. The first-order valence-electron chi connectivity index (χ1n) is 11.1. The summed E-state index contributed by atoms with van der Waals surface area (Å²) in [6, 6.07) is 27.1. The van der Waals surface area contributed by atoms with Crippen LogP contribution in [-0.2, 0) is 17.1 Å². The summed E-state index contributed by atoms with van der Waals surface area (Å²) in [6.07, 6.45) is 0. The van der Waals surface area contributed by atoms with Gasteiger partial charge in [0, 0.05) is 24.5 Å². The van der Waals surface area contributed by atoms with E-state index in [0.29, 0.717) is 22.6 Å². The van der Waals surface area contributed by atoms with Gasteiger partial charge in [-0.3, -0.25) is 9.10 Å². The van der Waals surface area contributed by atoms with Crippen LogP contribution in [0.25, 0.3) is 21.0 Å². The molecule has 1 heterocycles. The molecule has 0 bridgehead atoms. The summed E-state index contributed by atoms with van der Waals surface area (Å²) in [7, 11) is -1.86. The highest BCUT2D eigenvalue weighted by atomic mass is 32.2. The van der Waals surface area contributed by atoms with E-state index in [1.807, 2.05) is 35.9 Å². The molecule has 0 radical (unpaired) electrons. The molecule has 35 heavy (non-hydrogen) atoms. The first-order chi connectivity index (χ1) is 16.9. The molecular weight excluding hydrogens is 478 g/mol. The van der Waals surface area contributed by atoms with Crippen LogP contribution in [-0.4, -0.2) is 25.4 Å². The number of aromatic nitrogens is 1. The lowest BCUT2D eigenvalue weighted by Crippen LogP contribution is -2.30. The third-order valence-corrected chi connectivity index (χ3v) is 8.92. The summed E-state index contributed by atoms with van der Waals surface area (Å²) in [5.74, 6) is -0.421. The zero-order chi connectivity index (χ0) is 24.6. The second-order valence-corrected chi connectivity index (χ2v) is 10.9. The Morgan fingerprint density at radius 3 is 2.31 bits per heavy atom. The predicted octanol–water partition coefficient (Wildman–Crippen LogP) is 5.35. The minimum Gasteiger partial charge on any atom is -0.319 e. The minimum atomic E-state index is -3.76. The number of thiazole rings is 1. The molecule has 6 nitrogen and oxygen atoms in total. The number of aryl methyl sites for hydroxylation is 1. The Morgan fingerprint density at radius 1 is 0.914 bits per heavy atom. The Kier molecular flexibility index (Phi) is 6.00. The molecule has 1 amide bonds. The Labute approximate surface area is 207 Å². The first kappa shape index (κ1) is 23.0. The number of benzene rings is 4. The Balaban J connectivity index is 1.48. The normalized spacial score (nSPS) is 12.3. The van der Waals surface area contributed by atoms with Crippen molar-refractivity contribution < 1.29 is 13.2 Å². The molecule has 5 rings (SSSR count). The summed E-state index contributed by atoms with van der Waals surface area (Å²) in [6.45, 7) is 2.08. The highest BCUT2D eigenvalue weighted by Crippen LogP contribution is 2.27. The Hall–Kier alpha value is -3.75. The smallest absolute Gasteiger partial charge is 0.279 e. The maximum absolute atomic E-state index is 13.2. The molecule has 0 atom stereocenters. The Bertz CT molecular complexity index is 1720. The van der Waals surface area contributed by atoms with E-state index in [-0.39, 0.29) is 4.90 Å². The van der Waals surface area contributed by atoms with Crippen LogP contribution < -0.4 is 9.11 Å². The van der Waals surface area contributed by atoms with Crippen LogP contribution in [0, 0.1) is 0 Å². The molecule has 4 aromatic carbocycles. The number of hydrogen-bond acceptors (Lipinski definition) is 4. The highest BCUT2D eigenvalue weighted by molar-refractivity contribution is 7.92. The largest absolute Gasteiger partial charge is 0.319 e. The second-order valence-electron chi connectivity index (χ2n) is 8.02. The average molecular weight is 502 g/mol. The predicted molar refractivity (Wildman–Crippen MR) is 141 cm³/mol. The number of fused-ring (bicyclic) bond motifs is 3. The van der Waals surface area contributed by atoms with Crippen LogP contribution in [0.4, 0.5) is 5.69 Å². The van der Waals surface area contributed by atoms with Gasteiger partial charge in [0.15, 0.2) is 4.80 Å². The third kappa shape index (κ3) is 4.15. The minimum absolute atomic E-state index is 0.124. The summed E-state index contributed by atoms with van der Waals surface area (Å²) in [5, 5.41) is 2.23. The quantitative estimate of drug-likeness (QED) is 0.326. The fourth-order valence-electron chi connectivity index (χ4n) is 4.16. The highest BCUT2D eigenvalue weighted by Gasteiger charge is 2.23. The molecule has 0 fully saturated rings. The van der Waals surface area contributed by atoms with Crippen LogP contribution >= 0.6 is 11.3 Å². The lowest BCUT2D eigenvalue weighted by Gasteiger charge is -2.22. The van der Waals surface area contributed by atoms with Crippen molar-refractivity contribution in [2.24, 2.45) is 12.0 Å². The molecule has 0 aliphatic rings. The van der Waals surface area contributed by atoms with Crippen molar-refractivity contribution in [3.8, 4) is 0 Å². The van der Waals surface area contributed by atoms with Gasteiger partial charge in [-0.2, -0.15) is 4.99 Å².